The Morgan fingerprint density at radius 2 is 2.05 bits per heavy atom. The first kappa shape index (κ1) is 14.7. The Hall–Kier alpha value is -1.69. The summed E-state index contributed by atoms with van der Waals surface area (Å²) in [6, 6.07) is 5.80. The van der Waals surface area contributed by atoms with Gasteiger partial charge in [0.2, 0.25) is 0 Å². The summed E-state index contributed by atoms with van der Waals surface area (Å²) in [6.07, 6.45) is 0. The molecule has 0 saturated carbocycles. The molecule has 0 bridgehead atoms. The van der Waals surface area contributed by atoms with Crippen molar-refractivity contribution in [3.63, 3.8) is 0 Å². The van der Waals surface area contributed by atoms with Crippen molar-refractivity contribution in [2.45, 2.75) is 26.0 Å². The van der Waals surface area contributed by atoms with Crippen LogP contribution in [0.2, 0.25) is 0 Å². The second-order valence-electron chi connectivity index (χ2n) is 5.46. The fraction of sp³-hybridized carbons (Fsp3) is 0.500. The third-order valence-electron chi connectivity index (χ3n) is 3.71. The molecule has 1 heterocycles. The first-order valence-electron chi connectivity index (χ1n) is 6.45. The number of likely N-dealkylation sites (tertiary alicyclic amines) is 1. The molecule has 4 nitrogen and oxygen atoms in total. The average Bonchev–Trinajstić information content (AvgIpc) is 2.33. The predicted octanol–water partition coefficient (Wildman–Crippen LogP) is 2.10. The van der Waals surface area contributed by atoms with Gasteiger partial charge in [0.15, 0.2) is 0 Å². The maximum atomic E-state index is 12.2. The lowest BCUT2D eigenvalue weighted by Crippen LogP contribution is -2.71. The van der Waals surface area contributed by atoms with Crippen LogP contribution in [0.15, 0.2) is 24.3 Å². The Labute approximate surface area is 116 Å². The Balaban J connectivity index is 2.04. The summed E-state index contributed by atoms with van der Waals surface area (Å²) in [5.41, 5.74) is 6.10. The van der Waals surface area contributed by atoms with Gasteiger partial charge in [-0.3, -0.25) is 4.79 Å². The van der Waals surface area contributed by atoms with Crippen LogP contribution in [0.5, 0.6) is 5.75 Å². The molecule has 110 valence electrons. The normalized spacial score (nSPS) is 17.2. The van der Waals surface area contributed by atoms with Gasteiger partial charge in [-0.15, -0.1) is 0 Å². The minimum atomic E-state index is -2.90. The van der Waals surface area contributed by atoms with Gasteiger partial charge in [-0.25, -0.2) is 0 Å². The lowest BCUT2D eigenvalue weighted by molar-refractivity contribution is -0.0499. The number of carbonyl (C=O) groups excluding carboxylic acids is 1. The van der Waals surface area contributed by atoms with Crippen LogP contribution in [0.1, 0.15) is 24.2 Å². The van der Waals surface area contributed by atoms with Gasteiger partial charge in [0.25, 0.3) is 5.91 Å². The maximum absolute atomic E-state index is 12.2. The fourth-order valence-electron chi connectivity index (χ4n) is 2.16. The van der Waals surface area contributed by atoms with Gasteiger partial charge in [0, 0.05) is 18.7 Å². The van der Waals surface area contributed by atoms with Gasteiger partial charge < -0.3 is 15.4 Å². The van der Waals surface area contributed by atoms with Crippen LogP contribution < -0.4 is 10.5 Å². The molecule has 1 aromatic carbocycles. The second-order valence-corrected chi connectivity index (χ2v) is 5.46. The number of hydrogen-bond acceptors (Lipinski definition) is 3. The molecule has 2 rings (SSSR count). The molecular formula is C14H18F2N2O2. The molecule has 0 unspecified atom stereocenters. The summed E-state index contributed by atoms with van der Waals surface area (Å²) in [5.74, 6) is 0.0423. The zero-order valence-corrected chi connectivity index (χ0v) is 11.5. The standard InChI is InChI=1S/C14H18F2N2O2/c1-9(2)14(17)7-18(8-14)12(19)10-4-3-5-11(6-10)20-13(15)16/h3-6,9,13H,7-8,17H2,1-2H3. The molecule has 0 atom stereocenters. The molecule has 2 N–H and O–H groups in total. The van der Waals surface area contributed by atoms with E-state index >= 15 is 0 Å². The summed E-state index contributed by atoms with van der Waals surface area (Å²) in [5, 5.41) is 0. The third-order valence-corrected chi connectivity index (χ3v) is 3.71. The van der Waals surface area contributed by atoms with Gasteiger partial charge in [0.05, 0.1) is 5.54 Å². The molecular weight excluding hydrogens is 266 g/mol. The Bertz CT molecular complexity index is 500. The highest BCUT2D eigenvalue weighted by atomic mass is 19.3. The Morgan fingerprint density at radius 3 is 2.60 bits per heavy atom. The van der Waals surface area contributed by atoms with Crippen LogP contribution in [0.3, 0.4) is 0 Å². The number of halogens is 2. The summed E-state index contributed by atoms with van der Waals surface area (Å²) < 4.78 is 28.6. The zero-order valence-electron chi connectivity index (χ0n) is 11.5. The van der Waals surface area contributed by atoms with E-state index in [0.717, 1.165) is 0 Å². The van der Waals surface area contributed by atoms with Gasteiger partial charge in [-0.1, -0.05) is 19.9 Å². The lowest BCUT2D eigenvalue weighted by Gasteiger charge is -2.50. The quantitative estimate of drug-likeness (QED) is 0.921. The third kappa shape index (κ3) is 2.90. The summed E-state index contributed by atoms with van der Waals surface area (Å²) in [7, 11) is 0. The van der Waals surface area contributed by atoms with E-state index in [-0.39, 0.29) is 23.1 Å². The second kappa shape index (κ2) is 5.36. The first-order valence-corrected chi connectivity index (χ1v) is 6.45. The van der Waals surface area contributed by atoms with E-state index in [1.165, 1.54) is 18.2 Å². The highest BCUT2D eigenvalue weighted by Gasteiger charge is 2.44. The number of nitrogens with two attached hydrogens (primary N) is 1. The molecule has 1 aromatic rings. The molecule has 6 heteroatoms. The number of benzene rings is 1. The van der Waals surface area contributed by atoms with Gasteiger partial charge >= 0.3 is 6.61 Å². The number of rotatable bonds is 4. The Morgan fingerprint density at radius 1 is 1.40 bits per heavy atom. The summed E-state index contributed by atoms with van der Waals surface area (Å²) in [6.45, 7) is 2.08. The highest BCUT2D eigenvalue weighted by Crippen LogP contribution is 2.28. The van der Waals surface area contributed by atoms with Gasteiger partial charge in [0.1, 0.15) is 5.75 Å². The number of hydrogen-bond donors (Lipinski definition) is 1. The van der Waals surface area contributed by atoms with E-state index in [0.29, 0.717) is 18.7 Å². The van der Waals surface area contributed by atoms with Gasteiger partial charge in [-0.2, -0.15) is 8.78 Å². The topological polar surface area (TPSA) is 55.6 Å². The van der Waals surface area contributed by atoms with Crippen molar-refractivity contribution in [2.75, 3.05) is 13.1 Å². The van der Waals surface area contributed by atoms with Crippen LogP contribution in [0, 0.1) is 5.92 Å². The van der Waals surface area contributed by atoms with Crippen molar-refractivity contribution in [1.82, 2.24) is 4.90 Å². The number of carbonyl (C=O) groups is 1. The van der Waals surface area contributed by atoms with Crippen LogP contribution in [-0.2, 0) is 0 Å². The average molecular weight is 284 g/mol. The molecule has 1 saturated heterocycles. The SMILES string of the molecule is CC(C)C1(N)CN(C(=O)c2cccc(OC(F)F)c2)C1. The number of nitrogens with zero attached hydrogens (tertiary/aromatic N) is 1. The number of alkyl halides is 2. The van der Waals surface area contributed by atoms with Crippen molar-refractivity contribution in [2.24, 2.45) is 11.7 Å². The van der Waals surface area contributed by atoms with Crippen molar-refractivity contribution in [1.29, 1.82) is 0 Å². The fourth-order valence-corrected chi connectivity index (χ4v) is 2.16. The highest BCUT2D eigenvalue weighted by molar-refractivity contribution is 5.95. The van der Waals surface area contributed by atoms with E-state index in [1.807, 2.05) is 13.8 Å². The van der Waals surface area contributed by atoms with Gasteiger partial charge in [-0.05, 0) is 24.1 Å². The van der Waals surface area contributed by atoms with E-state index in [1.54, 1.807) is 11.0 Å². The monoisotopic (exact) mass is 284 g/mol. The molecule has 0 spiro atoms. The summed E-state index contributed by atoms with van der Waals surface area (Å²) >= 11 is 0. The molecule has 0 aromatic heterocycles. The number of amides is 1. The number of ether oxygens (including phenoxy) is 1. The van der Waals surface area contributed by atoms with Crippen LogP contribution in [-0.4, -0.2) is 36.0 Å². The van der Waals surface area contributed by atoms with E-state index in [4.69, 9.17) is 5.73 Å². The predicted molar refractivity (Wildman–Crippen MR) is 70.7 cm³/mol. The minimum absolute atomic E-state index is 0.0192. The molecule has 1 amide bonds. The van der Waals surface area contributed by atoms with E-state index in [9.17, 15) is 13.6 Å². The van der Waals surface area contributed by atoms with Crippen LogP contribution >= 0.6 is 0 Å². The van der Waals surface area contributed by atoms with Crippen LogP contribution in [0.25, 0.3) is 0 Å². The molecule has 20 heavy (non-hydrogen) atoms. The van der Waals surface area contributed by atoms with Crippen molar-refractivity contribution >= 4 is 5.91 Å². The van der Waals surface area contributed by atoms with E-state index in [2.05, 4.69) is 4.74 Å². The maximum Gasteiger partial charge on any atom is 0.387 e. The molecule has 0 aliphatic carbocycles. The Kier molecular flexibility index (Phi) is 3.94. The zero-order chi connectivity index (χ0) is 14.9. The summed E-state index contributed by atoms with van der Waals surface area (Å²) in [4.78, 5) is 13.8. The molecule has 0 radical (unpaired) electrons. The minimum Gasteiger partial charge on any atom is -0.435 e. The van der Waals surface area contributed by atoms with Crippen molar-refractivity contribution < 1.29 is 18.3 Å². The molecule has 1 aliphatic heterocycles. The van der Waals surface area contributed by atoms with Crippen LogP contribution in [0.4, 0.5) is 8.78 Å². The van der Waals surface area contributed by atoms with Crippen molar-refractivity contribution in [3.8, 4) is 5.75 Å². The largest absolute Gasteiger partial charge is 0.435 e. The van der Waals surface area contributed by atoms with E-state index < -0.39 is 6.61 Å². The lowest BCUT2D eigenvalue weighted by atomic mass is 9.80. The first-order chi connectivity index (χ1) is 9.32. The molecule has 1 fully saturated rings. The smallest absolute Gasteiger partial charge is 0.387 e. The molecule has 1 aliphatic rings. The van der Waals surface area contributed by atoms with Crippen molar-refractivity contribution in [3.05, 3.63) is 29.8 Å².